The van der Waals surface area contributed by atoms with Gasteiger partial charge in [-0.3, -0.25) is 4.57 Å². The number of hydrogen-bond donors (Lipinski definition) is 1. The van der Waals surface area contributed by atoms with Crippen molar-refractivity contribution in [2.24, 2.45) is 4.99 Å². The van der Waals surface area contributed by atoms with E-state index in [0.717, 1.165) is 20.3 Å². The number of aliphatic imine (C=N–C) groups is 1. The molecule has 0 spiro atoms. The highest BCUT2D eigenvalue weighted by atomic mass is 79.9. The Morgan fingerprint density at radius 1 is 1.04 bits per heavy atom. The van der Waals surface area contributed by atoms with Crippen LogP contribution in [0.3, 0.4) is 0 Å². The quantitative estimate of drug-likeness (QED) is 0.250. The molecule has 0 radical (unpaired) electrons. The van der Waals surface area contributed by atoms with E-state index in [1.54, 1.807) is 13.8 Å². The summed E-state index contributed by atoms with van der Waals surface area (Å²) in [5.74, 6) is 0.506. The zero-order chi connectivity index (χ0) is 19.0. The smallest absolute Gasteiger partial charge is 0.338 e. The molecule has 2 aromatic carbocycles. The van der Waals surface area contributed by atoms with Crippen molar-refractivity contribution >= 4 is 56.7 Å². The fourth-order valence-electron chi connectivity index (χ4n) is 2.24. The van der Waals surface area contributed by atoms with Gasteiger partial charge in [0.25, 0.3) is 0 Å². The zero-order valence-electron chi connectivity index (χ0n) is 14.6. The Morgan fingerprint density at radius 3 is 2.23 bits per heavy atom. The molecule has 0 aliphatic carbocycles. The molecule has 0 saturated heterocycles. The maximum absolute atomic E-state index is 13.0. The Labute approximate surface area is 171 Å². The number of benzene rings is 2. The van der Waals surface area contributed by atoms with Crippen LogP contribution in [0, 0.1) is 0 Å². The summed E-state index contributed by atoms with van der Waals surface area (Å²) in [7, 11) is -3.29. The molecule has 0 aliphatic rings. The molecular formula is C18H21Br2N2O3P. The molecule has 26 heavy (non-hydrogen) atoms. The van der Waals surface area contributed by atoms with Gasteiger partial charge in [-0.05, 0) is 50.2 Å². The normalized spacial score (nSPS) is 12.2. The fourth-order valence-corrected chi connectivity index (χ4v) is 4.59. The van der Waals surface area contributed by atoms with Crippen molar-refractivity contribution in [3.63, 3.8) is 0 Å². The Morgan fingerprint density at radius 2 is 1.65 bits per heavy atom. The van der Waals surface area contributed by atoms with Crippen LogP contribution in [-0.2, 0) is 13.6 Å². The summed E-state index contributed by atoms with van der Waals surface area (Å²) < 4.78 is 25.6. The van der Waals surface area contributed by atoms with Crippen LogP contribution in [-0.4, -0.2) is 25.2 Å². The van der Waals surface area contributed by atoms with E-state index in [2.05, 4.69) is 42.2 Å². The highest BCUT2D eigenvalue weighted by Gasteiger charge is 2.26. The number of anilines is 1. The van der Waals surface area contributed by atoms with E-state index in [9.17, 15) is 4.57 Å². The maximum Gasteiger partial charge on any atom is 0.338 e. The van der Waals surface area contributed by atoms with Gasteiger partial charge in [-0.25, -0.2) is 4.99 Å². The van der Waals surface area contributed by atoms with Crippen LogP contribution in [0.25, 0.3) is 0 Å². The van der Waals surface area contributed by atoms with Crippen molar-refractivity contribution in [3.8, 4) is 0 Å². The Kier molecular flexibility index (Phi) is 8.51. The summed E-state index contributed by atoms with van der Waals surface area (Å²) >= 11 is 6.89. The molecule has 140 valence electrons. The standard InChI is InChI=1S/C18H21Br2N2O3P/c1-3-24-26(23,25-4-2)13-18(21-16-9-5-7-14(19)11-16)22-17-10-6-8-15(20)12-17/h5-12H,3-4,13H2,1-2H3,(H,21,22). The van der Waals surface area contributed by atoms with E-state index < -0.39 is 7.60 Å². The summed E-state index contributed by atoms with van der Waals surface area (Å²) in [6, 6.07) is 15.2. The van der Waals surface area contributed by atoms with Gasteiger partial charge in [0.1, 0.15) is 12.0 Å². The van der Waals surface area contributed by atoms with Gasteiger partial charge < -0.3 is 14.4 Å². The molecule has 2 rings (SSSR count). The van der Waals surface area contributed by atoms with Gasteiger partial charge in [0.05, 0.1) is 18.9 Å². The van der Waals surface area contributed by atoms with Crippen molar-refractivity contribution in [1.29, 1.82) is 0 Å². The van der Waals surface area contributed by atoms with E-state index in [1.807, 2.05) is 48.5 Å². The first-order valence-electron chi connectivity index (χ1n) is 8.18. The third-order valence-corrected chi connectivity index (χ3v) is 6.16. The Hall–Kier alpha value is -0.980. The number of hydrogen-bond acceptors (Lipinski definition) is 4. The summed E-state index contributed by atoms with van der Waals surface area (Å²) in [6.45, 7) is 4.19. The van der Waals surface area contributed by atoms with Gasteiger partial charge in [-0.15, -0.1) is 0 Å². The molecule has 0 aromatic heterocycles. The van der Waals surface area contributed by atoms with Gasteiger partial charge in [-0.2, -0.15) is 0 Å². The monoisotopic (exact) mass is 502 g/mol. The molecule has 1 N–H and O–H groups in total. The van der Waals surface area contributed by atoms with Crippen LogP contribution in [0.2, 0.25) is 0 Å². The van der Waals surface area contributed by atoms with E-state index >= 15 is 0 Å². The van der Waals surface area contributed by atoms with Crippen molar-refractivity contribution in [2.75, 3.05) is 24.7 Å². The van der Waals surface area contributed by atoms with E-state index in [1.165, 1.54) is 0 Å². The lowest BCUT2D eigenvalue weighted by Gasteiger charge is -2.19. The number of rotatable bonds is 8. The van der Waals surface area contributed by atoms with Gasteiger partial charge in [0.2, 0.25) is 0 Å². The van der Waals surface area contributed by atoms with Crippen LogP contribution in [0.4, 0.5) is 11.4 Å². The summed E-state index contributed by atoms with van der Waals surface area (Å²) in [6.07, 6.45) is 0.0493. The predicted octanol–water partition coefficient (Wildman–Crippen LogP) is 6.62. The average molecular weight is 504 g/mol. The Balaban J connectivity index is 2.35. The molecule has 0 unspecified atom stereocenters. The van der Waals surface area contributed by atoms with Crippen LogP contribution < -0.4 is 5.32 Å². The highest BCUT2D eigenvalue weighted by Crippen LogP contribution is 2.48. The third kappa shape index (κ3) is 6.97. The van der Waals surface area contributed by atoms with Gasteiger partial charge in [-0.1, -0.05) is 44.0 Å². The number of nitrogens with zero attached hydrogens (tertiary/aromatic N) is 1. The minimum atomic E-state index is -3.29. The maximum atomic E-state index is 13.0. The predicted molar refractivity (Wildman–Crippen MR) is 115 cm³/mol. The van der Waals surface area contributed by atoms with Crippen LogP contribution in [0.1, 0.15) is 13.8 Å². The van der Waals surface area contributed by atoms with Crippen molar-refractivity contribution in [2.45, 2.75) is 13.8 Å². The van der Waals surface area contributed by atoms with Crippen molar-refractivity contribution in [3.05, 3.63) is 57.5 Å². The molecule has 0 heterocycles. The molecule has 0 atom stereocenters. The largest absolute Gasteiger partial charge is 0.343 e. The van der Waals surface area contributed by atoms with Gasteiger partial charge in [0.15, 0.2) is 0 Å². The number of nitrogens with one attached hydrogen (secondary N) is 1. The highest BCUT2D eigenvalue weighted by molar-refractivity contribution is 9.10. The molecule has 5 nitrogen and oxygen atoms in total. The summed E-state index contributed by atoms with van der Waals surface area (Å²) in [4.78, 5) is 4.62. The lowest BCUT2D eigenvalue weighted by Crippen LogP contribution is -2.18. The molecule has 0 amide bonds. The SMILES string of the molecule is CCOP(=O)(CC(=Nc1cccc(Br)c1)Nc1cccc(Br)c1)OCC. The van der Waals surface area contributed by atoms with E-state index in [4.69, 9.17) is 9.05 Å². The topological polar surface area (TPSA) is 59.9 Å². The molecule has 2 aromatic rings. The first kappa shape index (κ1) is 21.3. The van der Waals surface area contributed by atoms with Crippen LogP contribution in [0.15, 0.2) is 62.5 Å². The second kappa shape index (κ2) is 10.4. The average Bonchev–Trinajstić information content (AvgIpc) is 2.55. The summed E-state index contributed by atoms with van der Waals surface area (Å²) in [5.41, 5.74) is 1.56. The third-order valence-electron chi connectivity index (χ3n) is 3.18. The molecule has 0 bridgehead atoms. The van der Waals surface area contributed by atoms with Crippen molar-refractivity contribution < 1.29 is 13.6 Å². The molecule has 8 heteroatoms. The number of amidine groups is 1. The lowest BCUT2D eigenvalue weighted by atomic mass is 10.3. The minimum absolute atomic E-state index is 0.0493. The van der Waals surface area contributed by atoms with E-state index in [-0.39, 0.29) is 6.16 Å². The van der Waals surface area contributed by atoms with Crippen LogP contribution >= 0.6 is 39.5 Å². The van der Waals surface area contributed by atoms with Crippen molar-refractivity contribution in [1.82, 2.24) is 0 Å². The second-order valence-electron chi connectivity index (χ2n) is 5.28. The zero-order valence-corrected chi connectivity index (χ0v) is 18.7. The first-order chi connectivity index (χ1) is 12.4. The van der Waals surface area contributed by atoms with E-state index in [0.29, 0.717) is 19.0 Å². The number of halogens is 2. The molecule has 0 saturated carbocycles. The first-order valence-corrected chi connectivity index (χ1v) is 11.5. The second-order valence-corrected chi connectivity index (χ2v) is 9.16. The Bertz CT molecular complexity index is 805. The summed E-state index contributed by atoms with van der Waals surface area (Å²) in [5, 5.41) is 3.23. The molecule has 0 aliphatic heterocycles. The molecular weight excluding hydrogens is 483 g/mol. The molecule has 0 fully saturated rings. The van der Waals surface area contributed by atoms with Crippen LogP contribution in [0.5, 0.6) is 0 Å². The van der Waals surface area contributed by atoms with Gasteiger partial charge in [0, 0.05) is 14.6 Å². The van der Waals surface area contributed by atoms with Gasteiger partial charge >= 0.3 is 7.60 Å². The fraction of sp³-hybridized carbons (Fsp3) is 0.278. The minimum Gasteiger partial charge on any atom is -0.343 e. The lowest BCUT2D eigenvalue weighted by molar-refractivity contribution is 0.223.